The largest absolute Gasteiger partial charge is 0.376 e. The molecule has 2 aliphatic rings. The number of nitrogens with one attached hydrogen (secondary N) is 1. The van der Waals surface area contributed by atoms with Gasteiger partial charge in [-0.05, 0) is 43.9 Å². The number of carbonyl (C=O) groups is 1. The first-order valence-electron chi connectivity index (χ1n) is 9.89. The van der Waals surface area contributed by atoms with Gasteiger partial charge in [0.1, 0.15) is 18.0 Å². The summed E-state index contributed by atoms with van der Waals surface area (Å²) in [6, 6.07) is 6.25. The Balaban J connectivity index is 1.44. The summed E-state index contributed by atoms with van der Waals surface area (Å²) >= 11 is 0. The second kappa shape index (κ2) is 8.08. The van der Waals surface area contributed by atoms with Crippen LogP contribution in [0, 0.1) is 0 Å². The van der Waals surface area contributed by atoms with Crippen molar-refractivity contribution in [3.8, 4) is 0 Å². The third kappa shape index (κ3) is 4.01. The lowest BCUT2D eigenvalue weighted by molar-refractivity contribution is -0.122. The van der Waals surface area contributed by atoms with E-state index in [0.717, 1.165) is 49.4 Å². The molecule has 0 aliphatic carbocycles. The minimum absolute atomic E-state index is 0.0139. The first-order chi connectivity index (χ1) is 12.8. The lowest BCUT2D eigenvalue weighted by Gasteiger charge is -2.21. The minimum Gasteiger partial charge on any atom is -0.376 e. The van der Waals surface area contributed by atoms with Crippen LogP contribution in [-0.4, -0.2) is 47.8 Å². The molecule has 2 aromatic rings. The molecule has 0 spiro atoms. The van der Waals surface area contributed by atoms with E-state index in [1.165, 1.54) is 25.7 Å². The van der Waals surface area contributed by atoms with Gasteiger partial charge in [0.2, 0.25) is 5.91 Å². The van der Waals surface area contributed by atoms with Gasteiger partial charge < -0.3 is 19.5 Å². The van der Waals surface area contributed by atoms with Crippen molar-refractivity contribution in [1.29, 1.82) is 0 Å². The molecule has 26 heavy (non-hydrogen) atoms. The Morgan fingerprint density at radius 1 is 1.15 bits per heavy atom. The summed E-state index contributed by atoms with van der Waals surface area (Å²) < 4.78 is 7.51. The van der Waals surface area contributed by atoms with E-state index in [-0.39, 0.29) is 12.0 Å². The molecule has 2 aromatic heterocycles. The van der Waals surface area contributed by atoms with Crippen molar-refractivity contribution in [1.82, 2.24) is 14.9 Å². The second-order valence-corrected chi connectivity index (χ2v) is 7.37. The number of rotatable bonds is 5. The molecular weight excluding hydrogens is 328 g/mol. The standard InChI is InChI=1S/C20H28N4O2/c25-19(21-14-17-6-5-13-26-17)15-24-12-9-16-7-8-18(22-20(16)24)23-10-3-1-2-4-11-23/h7-9,12,17H,1-6,10-11,13-15H2,(H,21,25). The Morgan fingerprint density at radius 2 is 2.00 bits per heavy atom. The van der Waals surface area contributed by atoms with E-state index in [4.69, 9.17) is 9.72 Å². The van der Waals surface area contributed by atoms with Gasteiger partial charge in [0.15, 0.2) is 0 Å². The SMILES string of the molecule is O=C(Cn1ccc2ccc(N3CCCCCC3)nc21)NCC1CCCO1. The van der Waals surface area contributed by atoms with E-state index in [0.29, 0.717) is 13.1 Å². The number of ether oxygens (including phenoxy) is 1. The van der Waals surface area contributed by atoms with Gasteiger partial charge in [-0.1, -0.05) is 12.8 Å². The summed E-state index contributed by atoms with van der Waals surface area (Å²) in [5, 5.41) is 4.07. The van der Waals surface area contributed by atoms with Crippen LogP contribution in [0.1, 0.15) is 38.5 Å². The molecule has 0 radical (unpaired) electrons. The summed E-state index contributed by atoms with van der Waals surface area (Å²) in [5.41, 5.74) is 0.888. The number of anilines is 1. The Kier molecular flexibility index (Phi) is 5.39. The van der Waals surface area contributed by atoms with E-state index >= 15 is 0 Å². The van der Waals surface area contributed by atoms with Crippen molar-refractivity contribution in [3.63, 3.8) is 0 Å². The number of amides is 1. The van der Waals surface area contributed by atoms with Crippen molar-refractivity contribution in [2.45, 2.75) is 51.2 Å². The third-order valence-corrected chi connectivity index (χ3v) is 5.39. The molecule has 1 unspecified atom stereocenters. The van der Waals surface area contributed by atoms with Gasteiger partial charge >= 0.3 is 0 Å². The van der Waals surface area contributed by atoms with E-state index < -0.39 is 0 Å². The van der Waals surface area contributed by atoms with Crippen molar-refractivity contribution in [2.24, 2.45) is 0 Å². The Hall–Kier alpha value is -2.08. The molecule has 2 aliphatic heterocycles. The summed E-state index contributed by atoms with van der Waals surface area (Å²) in [7, 11) is 0. The first kappa shape index (κ1) is 17.3. The zero-order valence-corrected chi connectivity index (χ0v) is 15.3. The second-order valence-electron chi connectivity index (χ2n) is 7.37. The smallest absolute Gasteiger partial charge is 0.240 e. The molecule has 6 heteroatoms. The van der Waals surface area contributed by atoms with Crippen LogP contribution >= 0.6 is 0 Å². The van der Waals surface area contributed by atoms with Crippen molar-refractivity contribution >= 4 is 22.8 Å². The normalized spacial score (nSPS) is 21.1. The fourth-order valence-electron chi connectivity index (χ4n) is 3.90. The average molecular weight is 356 g/mol. The molecule has 0 saturated carbocycles. The van der Waals surface area contributed by atoms with Crippen LogP contribution in [0.5, 0.6) is 0 Å². The zero-order valence-electron chi connectivity index (χ0n) is 15.3. The van der Waals surface area contributed by atoms with Gasteiger partial charge in [-0.2, -0.15) is 0 Å². The van der Waals surface area contributed by atoms with Gasteiger partial charge in [0, 0.05) is 37.8 Å². The number of nitrogens with zero attached hydrogens (tertiary/aromatic N) is 3. The van der Waals surface area contributed by atoms with E-state index in [2.05, 4.69) is 22.3 Å². The van der Waals surface area contributed by atoms with E-state index in [1.54, 1.807) is 0 Å². The number of hydrogen-bond acceptors (Lipinski definition) is 4. The molecule has 0 bridgehead atoms. The molecule has 4 rings (SSSR count). The zero-order chi connectivity index (χ0) is 17.8. The molecule has 1 amide bonds. The number of aromatic nitrogens is 2. The van der Waals surface area contributed by atoms with Crippen LogP contribution in [0.2, 0.25) is 0 Å². The maximum atomic E-state index is 12.3. The maximum absolute atomic E-state index is 12.3. The Bertz CT molecular complexity index is 743. The van der Waals surface area contributed by atoms with Gasteiger partial charge in [-0.3, -0.25) is 4.79 Å². The van der Waals surface area contributed by atoms with Crippen LogP contribution in [0.25, 0.3) is 11.0 Å². The molecule has 0 aromatic carbocycles. The summed E-state index contributed by atoms with van der Waals surface area (Å²) in [4.78, 5) is 19.6. The van der Waals surface area contributed by atoms with Crippen molar-refractivity contribution in [3.05, 3.63) is 24.4 Å². The van der Waals surface area contributed by atoms with Crippen LogP contribution in [0.3, 0.4) is 0 Å². The highest BCUT2D eigenvalue weighted by molar-refractivity contribution is 5.82. The lowest BCUT2D eigenvalue weighted by Crippen LogP contribution is -2.34. The van der Waals surface area contributed by atoms with Gasteiger partial charge in [-0.25, -0.2) is 4.98 Å². The van der Waals surface area contributed by atoms with Crippen LogP contribution < -0.4 is 10.2 Å². The molecule has 1 atom stereocenters. The van der Waals surface area contributed by atoms with Crippen LogP contribution in [0.4, 0.5) is 5.82 Å². The van der Waals surface area contributed by atoms with Crippen LogP contribution in [0.15, 0.2) is 24.4 Å². The van der Waals surface area contributed by atoms with Gasteiger partial charge in [0.25, 0.3) is 0 Å². The third-order valence-electron chi connectivity index (χ3n) is 5.39. The molecule has 2 saturated heterocycles. The topological polar surface area (TPSA) is 59.4 Å². The summed E-state index contributed by atoms with van der Waals surface area (Å²) in [6.07, 6.45) is 9.32. The molecule has 6 nitrogen and oxygen atoms in total. The molecule has 4 heterocycles. The summed E-state index contributed by atoms with van der Waals surface area (Å²) in [5.74, 6) is 1.04. The number of fused-ring (bicyclic) bond motifs is 1. The van der Waals surface area contributed by atoms with Crippen molar-refractivity contribution < 1.29 is 9.53 Å². The highest BCUT2D eigenvalue weighted by Gasteiger charge is 2.17. The fourth-order valence-corrected chi connectivity index (χ4v) is 3.90. The number of carbonyl (C=O) groups excluding carboxylic acids is 1. The van der Waals surface area contributed by atoms with E-state index in [9.17, 15) is 4.79 Å². The fraction of sp³-hybridized carbons (Fsp3) is 0.600. The predicted molar refractivity (Wildman–Crippen MR) is 102 cm³/mol. The molecule has 140 valence electrons. The van der Waals surface area contributed by atoms with Crippen molar-refractivity contribution in [2.75, 3.05) is 31.1 Å². The quantitative estimate of drug-likeness (QED) is 0.895. The van der Waals surface area contributed by atoms with E-state index in [1.807, 2.05) is 16.8 Å². The highest BCUT2D eigenvalue weighted by Crippen LogP contribution is 2.22. The average Bonchev–Trinajstić information content (AvgIpc) is 3.23. The minimum atomic E-state index is 0.0139. The van der Waals surface area contributed by atoms with Crippen LogP contribution in [-0.2, 0) is 16.1 Å². The monoisotopic (exact) mass is 356 g/mol. The van der Waals surface area contributed by atoms with Gasteiger partial charge in [-0.15, -0.1) is 0 Å². The lowest BCUT2D eigenvalue weighted by atomic mass is 10.2. The highest BCUT2D eigenvalue weighted by atomic mass is 16.5. The summed E-state index contributed by atoms with van der Waals surface area (Å²) in [6.45, 7) is 3.85. The Morgan fingerprint density at radius 3 is 2.77 bits per heavy atom. The molecule has 1 N–H and O–H groups in total. The molecule has 2 fully saturated rings. The maximum Gasteiger partial charge on any atom is 0.240 e. The molecular formula is C20H28N4O2. The first-order valence-corrected chi connectivity index (χ1v) is 9.89. The van der Waals surface area contributed by atoms with Gasteiger partial charge in [0.05, 0.1) is 6.10 Å². The number of hydrogen-bond donors (Lipinski definition) is 1. The number of pyridine rings is 1. The predicted octanol–water partition coefficient (Wildman–Crippen LogP) is 2.71. The Labute approximate surface area is 154 Å².